The Balaban J connectivity index is 2.35. The van der Waals surface area contributed by atoms with E-state index < -0.39 is 17.5 Å². The molecule has 0 aliphatic carbocycles. The molecule has 0 unspecified atom stereocenters. The molecule has 0 amide bonds. The molecule has 26 heavy (non-hydrogen) atoms. The van der Waals surface area contributed by atoms with E-state index in [0.29, 0.717) is 10.2 Å². The zero-order valence-electron chi connectivity index (χ0n) is 14.9. The number of anilines is 1. The van der Waals surface area contributed by atoms with Crippen LogP contribution in [0.5, 0.6) is 5.75 Å². The molecule has 2 N–H and O–H groups in total. The standard InChI is InChI=1S/C18H20BrNO5S/c1-18(2,3)25-12(21)9-24-14-13(19)15(26-16(14)17(22)23-4)10-6-5-7-11(20)8-10/h5-8H,9,20H2,1-4H3. The van der Waals surface area contributed by atoms with Gasteiger partial charge in [-0.05, 0) is 54.4 Å². The fourth-order valence-electron chi connectivity index (χ4n) is 2.12. The van der Waals surface area contributed by atoms with Crippen molar-refractivity contribution >= 4 is 44.9 Å². The quantitative estimate of drug-likeness (QED) is 0.550. The van der Waals surface area contributed by atoms with Crippen molar-refractivity contribution in [3.05, 3.63) is 33.6 Å². The van der Waals surface area contributed by atoms with E-state index in [-0.39, 0.29) is 17.2 Å². The molecule has 0 radical (unpaired) electrons. The van der Waals surface area contributed by atoms with Crippen molar-refractivity contribution in [2.75, 3.05) is 19.5 Å². The third-order valence-electron chi connectivity index (χ3n) is 3.08. The summed E-state index contributed by atoms with van der Waals surface area (Å²) >= 11 is 4.65. The number of ether oxygens (including phenoxy) is 3. The first-order valence-corrected chi connectivity index (χ1v) is 9.34. The fraction of sp³-hybridized carbons (Fsp3) is 0.333. The minimum Gasteiger partial charge on any atom is -0.479 e. The average Bonchev–Trinajstić information content (AvgIpc) is 2.87. The summed E-state index contributed by atoms with van der Waals surface area (Å²) < 4.78 is 16.2. The zero-order chi connectivity index (χ0) is 19.5. The minimum atomic E-state index is -0.621. The van der Waals surface area contributed by atoms with Crippen molar-refractivity contribution in [2.45, 2.75) is 26.4 Å². The SMILES string of the molecule is COC(=O)c1sc(-c2cccc(N)c2)c(Br)c1OCC(=O)OC(C)(C)C. The summed E-state index contributed by atoms with van der Waals surface area (Å²) in [6.45, 7) is 4.97. The van der Waals surface area contributed by atoms with Crippen molar-refractivity contribution in [1.82, 2.24) is 0 Å². The van der Waals surface area contributed by atoms with Crippen molar-refractivity contribution in [2.24, 2.45) is 0 Å². The normalized spacial score (nSPS) is 11.1. The number of carbonyl (C=O) groups is 2. The number of carbonyl (C=O) groups excluding carboxylic acids is 2. The number of rotatable bonds is 5. The van der Waals surface area contributed by atoms with Crippen molar-refractivity contribution in [1.29, 1.82) is 0 Å². The molecule has 0 aliphatic heterocycles. The van der Waals surface area contributed by atoms with E-state index in [0.717, 1.165) is 10.4 Å². The number of methoxy groups -OCH3 is 1. The second-order valence-corrected chi connectivity index (χ2v) is 8.21. The zero-order valence-corrected chi connectivity index (χ0v) is 17.3. The largest absolute Gasteiger partial charge is 0.479 e. The molecule has 0 fully saturated rings. The molecule has 1 aromatic carbocycles. The van der Waals surface area contributed by atoms with Gasteiger partial charge in [0.2, 0.25) is 0 Å². The Morgan fingerprint density at radius 3 is 2.54 bits per heavy atom. The Labute approximate surface area is 164 Å². The first-order valence-electron chi connectivity index (χ1n) is 7.73. The maximum absolute atomic E-state index is 12.1. The molecule has 0 spiro atoms. The smallest absolute Gasteiger partial charge is 0.351 e. The van der Waals surface area contributed by atoms with Crippen LogP contribution in [0.3, 0.4) is 0 Å². The topological polar surface area (TPSA) is 87.9 Å². The number of nitrogen functional groups attached to an aromatic ring is 1. The number of hydrogen-bond donors (Lipinski definition) is 1. The van der Waals surface area contributed by atoms with Crippen LogP contribution < -0.4 is 10.5 Å². The van der Waals surface area contributed by atoms with Gasteiger partial charge in [-0.15, -0.1) is 11.3 Å². The van der Waals surface area contributed by atoms with E-state index in [1.54, 1.807) is 32.9 Å². The first kappa shape index (κ1) is 20.3. The molecule has 0 saturated heterocycles. The molecular formula is C18H20BrNO5S. The predicted molar refractivity (Wildman–Crippen MR) is 105 cm³/mol. The molecule has 8 heteroatoms. The van der Waals surface area contributed by atoms with Gasteiger partial charge in [0.25, 0.3) is 0 Å². The van der Waals surface area contributed by atoms with Crippen molar-refractivity contribution in [3.63, 3.8) is 0 Å². The summed E-state index contributed by atoms with van der Waals surface area (Å²) in [5.74, 6) is -0.841. The van der Waals surface area contributed by atoms with Crippen LogP contribution in [-0.2, 0) is 14.3 Å². The number of benzene rings is 1. The number of esters is 2. The van der Waals surface area contributed by atoms with E-state index >= 15 is 0 Å². The highest BCUT2D eigenvalue weighted by atomic mass is 79.9. The highest BCUT2D eigenvalue weighted by Crippen LogP contribution is 2.46. The second kappa shape index (κ2) is 8.09. The summed E-state index contributed by atoms with van der Waals surface area (Å²) in [4.78, 5) is 25.0. The Morgan fingerprint density at radius 2 is 1.96 bits per heavy atom. The van der Waals surface area contributed by atoms with Crippen LogP contribution in [0.1, 0.15) is 30.4 Å². The molecule has 0 aliphatic rings. The van der Waals surface area contributed by atoms with Gasteiger partial charge in [0.05, 0.1) is 16.5 Å². The van der Waals surface area contributed by atoms with Gasteiger partial charge in [0.15, 0.2) is 17.2 Å². The molecule has 2 aromatic rings. The summed E-state index contributed by atoms with van der Waals surface area (Å²) in [5, 5.41) is 0. The van der Waals surface area contributed by atoms with Gasteiger partial charge in [-0.3, -0.25) is 0 Å². The van der Waals surface area contributed by atoms with Gasteiger partial charge in [0.1, 0.15) is 5.60 Å². The lowest BCUT2D eigenvalue weighted by Gasteiger charge is -2.19. The first-order chi connectivity index (χ1) is 12.1. The van der Waals surface area contributed by atoms with Crippen LogP contribution >= 0.6 is 27.3 Å². The summed E-state index contributed by atoms with van der Waals surface area (Å²) in [5.41, 5.74) is 6.63. The van der Waals surface area contributed by atoms with Crippen LogP contribution in [0.15, 0.2) is 28.7 Å². The van der Waals surface area contributed by atoms with Gasteiger partial charge < -0.3 is 19.9 Å². The minimum absolute atomic E-state index is 0.241. The number of nitrogens with two attached hydrogens (primary N) is 1. The summed E-state index contributed by atoms with van der Waals surface area (Å²) in [6.07, 6.45) is 0. The molecule has 0 saturated carbocycles. The highest BCUT2D eigenvalue weighted by molar-refractivity contribution is 9.10. The molecule has 1 heterocycles. The third-order valence-corrected chi connectivity index (χ3v) is 5.30. The Bertz CT molecular complexity index is 825. The van der Waals surface area contributed by atoms with Gasteiger partial charge in [-0.25, -0.2) is 9.59 Å². The van der Waals surface area contributed by atoms with Crippen LogP contribution in [0.25, 0.3) is 10.4 Å². The third kappa shape index (κ3) is 4.98. The molecule has 140 valence electrons. The van der Waals surface area contributed by atoms with E-state index in [9.17, 15) is 9.59 Å². The van der Waals surface area contributed by atoms with E-state index in [1.807, 2.05) is 12.1 Å². The molecular weight excluding hydrogens is 422 g/mol. The lowest BCUT2D eigenvalue weighted by molar-refractivity contribution is -0.157. The van der Waals surface area contributed by atoms with Gasteiger partial charge in [-0.2, -0.15) is 0 Å². The van der Waals surface area contributed by atoms with Crippen molar-refractivity contribution in [3.8, 4) is 16.2 Å². The predicted octanol–water partition coefficient (Wildman–Crippen LogP) is 4.27. The van der Waals surface area contributed by atoms with E-state index in [4.69, 9.17) is 19.9 Å². The number of thiophene rings is 1. The number of halogens is 1. The molecule has 6 nitrogen and oxygen atoms in total. The fourth-order valence-corrected chi connectivity index (χ4v) is 4.09. The van der Waals surface area contributed by atoms with Gasteiger partial charge in [-0.1, -0.05) is 12.1 Å². The van der Waals surface area contributed by atoms with Crippen LogP contribution in [0.2, 0.25) is 0 Å². The van der Waals surface area contributed by atoms with Gasteiger partial charge >= 0.3 is 11.9 Å². The molecule has 2 rings (SSSR count). The Hall–Kier alpha value is -2.06. The van der Waals surface area contributed by atoms with Crippen LogP contribution in [0.4, 0.5) is 5.69 Å². The Morgan fingerprint density at radius 1 is 1.27 bits per heavy atom. The Kier molecular flexibility index (Phi) is 6.30. The number of hydrogen-bond acceptors (Lipinski definition) is 7. The van der Waals surface area contributed by atoms with E-state index in [1.165, 1.54) is 18.4 Å². The molecule has 0 atom stereocenters. The maximum Gasteiger partial charge on any atom is 0.351 e. The summed E-state index contributed by atoms with van der Waals surface area (Å²) in [6, 6.07) is 7.24. The highest BCUT2D eigenvalue weighted by Gasteiger charge is 2.26. The monoisotopic (exact) mass is 441 g/mol. The second-order valence-electron chi connectivity index (χ2n) is 6.40. The van der Waals surface area contributed by atoms with Crippen molar-refractivity contribution < 1.29 is 23.8 Å². The maximum atomic E-state index is 12.1. The summed E-state index contributed by atoms with van der Waals surface area (Å²) in [7, 11) is 1.29. The average molecular weight is 442 g/mol. The lowest BCUT2D eigenvalue weighted by atomic mass is 10.1. The van der Waals surface area contributed by atoms with E-state index in [2.05, 4.69) is 15.9 Å². The van der Waals surface area contributed by atoms with Crippen LogP contribution in [-0.4, -0.2) is 31.3 Å². The molecule has 0 bridgehead atoms. The lowest BCUT2D eigenvalue weighted by Crippen LogP contribution is -2.27. The molecule has 1 aromatic heterocycles. The van der Waals surface area contributed by atoms with Crippen LogP contribution in [0, 0.1) is 0 Å². The van der Waals surface area contributed by atoms with Gasteiger partial charge in [0, 0.05) is 5.69 Å².